The molecule has 0 aliphatic rings. The minimum absolute atomic E-state index is 0.0494. The van der Waals surface area contributed by atoms with Gasteiger partial charge in [-0.05, 0) is 34.6 Å². The van der Waals surface area contributed by atoms with E-state index in [2.05, 4.69) is 43.0 Å². The van der Waals surface area contributed by atoms with Gasteiger partial charge in [-0.2, -0.15) is 0 Å². The molecule has 4 aromatic carbocycles. The third kappa shape index (κ3) is 4.48. The number of sulfone groups is 1. The van der Waals surface area contributed by atoms with Gasteiger partial charge in [0.25, 0.3) is 8.32 Å². The summed E-state index contributed by atoms with van der Waals surface area (Å²) in [6, 6.07) is 38.6. The van der Waals surface area contributed by atoms with Gasteiger partial charge in [0, 0.05) is 0 Å². The van der Waals surface area contributed by atoms with Crippen molar-refractivity contribution in [3.05, 3.63) is 133 Å². The van der Waals surface area contributed by atoms with Crippen LogP contribution in [0.3, 0.4) is 0 Å². The first kappa shape index (κ1) is 22.9. The Morgan fingerprint density at radius 3 is 1.36 bits per heavy atom. The molecule has 0 aliphatic heterocycles. The van der Waals surface area contributed by atoms with Crippen molar-refractivity contribution >= 4 is 33.7 Å². The number of hydrogen-bond acceptors (Lipinski definition) is 3. The van der Waals surface area contributed by atoms with Crippen molar-refractivity contribution in [2.24, 2.45) is 0 Å². The first-order valence-corrected chi connectivity index (χ1v) is 14.2. The van der Waals surface area contributed by atoms with Crippen molar-refractivity contribution in [3.63, 3.8) is 0 Å². The fourth-order valence-corrected chi connectivity index (χ4v) is 9.48. The second-order valence-corrected chi connectivity index (χ2v) is 13.2. The average Bonchev–Trinajstić information content (AvgIpc) is 2.88. The van der Waals surface area contributed by atoms with Crippen LogP contribution in [0.25, 0.3) is 0 Å². The van der Waals surface area contributed by atoms with E-state index < -0.39 is 24.3 Å². The maximum Gasteiger partial charge on any atom is 0.288 e. The maximum atomic E-state index is 13.3. The molecule has 33 heavy (non-hydrogen) atoms. The van der Waals surface area contributed by atoms with Crippen LogP contribution in [0.2, 0.25) is 0 Å². The Labute approximate surface area is 197 Å². The normalized spacial score (nSPS) is 12.8. The second-order valence-electron chi connectivity index (χ2n) is 7.82. The molecule has 1 unspecified atom stereocenters. The zero-order chi connectivity index (χ0) is 23.3. The highest BCUT2D eigenvalue weighted by molar-refractivity contribution is 7.95. The molecule has 0 fully saturated rings. The van der Waals surface area contributed by atoms with Gasteiger partial charge < -0.3 is 4.43 Å². The van der Waals surface area contributed by atoms with Crippen molar-refractivity contribution in [2.45, 2.75) is 17.9 Å². The summed E-state index contributed by atoms with van der Waals surface area (Å²) in [5.74, 6) is 0. The highest BCUT2D eigenvalue weighted by atomic mass is 32.2. The van der Waals surface area contributed by atoms with E-state index >= 15 is 0 Å². The Hall–Kier alpha value is -3.25. The molecule has 166 valence electrons. The van der Waals surface area contributed by atoms with Gasteiger partial charge in [0.05, 0.1) is 15.9 Å². The lowest BCUT2D eigenvalue weighted by atomic mass is 10.3. The van der Waals surface area contributed by atoms with E-state index in [9.17, 15) is 8.42 Å². The van der Waals surface area contributed by atoms with E-state index in [1.807, 2.05) is 54.6 Å². The predicted molar refractivity (Wildman–Crippen MR) is 137 cm³/mol. The van der Waals surface area contributed by atoms with Gasteiger partial charge in [-0.3, -0.25) is 0 Å². The Morgan fingerprint density at radius 1 is 0.667 bits per heavy atom. The van der Waals surface area contributed by atoms with Crippen molar-refractivity contribution in [1.82, 2.24) is 0 Å². The Balaban J connectivity index is 1.86. The van der Waals surface area contributed by atoms with Crippen LogP contribution in [-0.4, -0.2) is 22.8 Å². The molecule has 4 rings (SSSR count). The van der Waals surface area contributed by atoms with Crippen LogP contribution >= 0.6 is 0 Å². The van der Waals surface area contributed by atoms with E-state index in [0.717, 1.165) is 15.6 Å². The van der Waals surface area contributed by atoms with Crippen molar-refractivity contribution in [2.75, 3.05) is 0 Å². The largest absolute Gasteiger partial charge is 0.397 e. The Kier molecular flexibility index (Phi) is 6.74. The van der Waals surface area contributed by atoms with E-state index in [-0.39, 0.29) is 9.80 Å². The smallest absolute Gasteiger partial charge is 0.288 e. The number of hydrogen-bond donors (Lipinski definition) is 0. The van der Waals surface area contributed by atoms with Crippen LogP contribution in [-0.2, 0) is 14.3 Å². The molecule has 0 saturated carbocycles. The molecule has 5 heteroatoms. The van der Waals surface area contributed by atoms with E-state index in [4.69, 9.17) is 4.43 Å². The third-order valence-corrected chi connectivity index (χ3v) is 11.8. The van der Waals surface area contributed by atoms with Crippen LogP contribution in [0.4, 0.5) is 0 Å². The van der Waals surface area contributed by atoms with Crippen LogP contribution in [0.1, 0.15) is 6.92 Å². The average molecular weight is 471 g/mol. The fraction of sp³-hybridized carbons (Fsp3) is 0.0714. The molecule has 0 saturated heterocycles. The summed E-state index contributed by atoms with van der Waals surface area (Å²) in [6.07, 6.45) is -0.734. The SMILES string of the molecule is C=C(C(C)O[Si](c1ccccc1)(c1ccccc1)c1ccccc1)S(=O)(=O)c1ccccc1. The van der Waals surface area contributed by atoms with Gasteiger partial charge in [-0.25, -0.2) is 8.42 Å². The lowest BCUT2D eigenvalue weighted by molar-refractivity contribution is 0.268. The second kappa shape index (κ2) is 9.71. The summed E-state index contributed by atoms with van der Waals surface area (Å²) in [6.45, 7) is 5.75. The van der Waals surface area contributed by atoms with Crippen LogP contribution in [0.5, 0.6) is 0 Å². The molecule has 0 spiro atoms. The summed E-state index contributed by atoms with van der Waals surface area (Å²) < 4.78 is 33.5. The van der Waals surface area contributed by atoms with Crippen molar-refractivity contribution < 1.29 is 12.8 Å². The molecule has 0 aromatic heterocycles. The molecular formula is C28H26O3SSi. The summed E-state index contributed by atoms with van der Waals surface area (Å²) >= 11 is 0. The van der Waals surface area contributed by atoms with Gasteiger partial charge in [0.2, 0.25) is 9.84 Å². The van der Waals surface area contributed by atoms with E-state index in [1.54, 1.807) is 37.3 Å². The van der Waals surface area contributed by atoms with Gasteiger partial charge >= 0.3 is 0 Å². The standard InChI is InChI=1S/C28H26O3SSi/c1-23(24(2)32(29,30)25-15-7-3-8-16-25)31-33(26-17-9-4-10-18-26,27-19-11-5-12-20-27)28-21-13-6-14-22-28/h3-23H,2H2,1H3. The highest BCUT2D eigenvalue weighted by Crippen LogP contribution is 2.24. The molecule has 3 nitrogen and oxygen atoms in total. The summed E-state index contributed by atoms with van der Waals surface area (Å²) in [4.78, 5) is 0.269. The molecule has 1 atom stereocenters. The van der Waals surface area contributed by atoms with Crippen LogP contribution in [0.15, 0.2) is 138 Å². The maximum absolute atomic E-state index is 13.3. The van der Waals surface area contributed by atoms with E-state index in [1.165, 1.54) is 0 Å². The van der Waals surface area contributed by atoms with E-state index in [0.29, 0.717) is 0 Å². The first-order chi connectivity index (χ1) is 16.0. The highest BCUT2D eigenvalue weighted by Gasteiger charge is 2.44. The summed E-state index contributed by atoms with van der Waals surface area (Å²) in [5.41, 5.74) is 0. The lowest BCUT2D eigenvalue weighted by Gasteiger charge is -2.36. The number of benzene rings is 4. The van der Waals surface area contributed by atoms with Crippen molar-refractivity contribution in [1.29, 1.82) is 0 Å². The molecule has 0 amide bonds. The topological polar surface area (TPSA) is 43.4 Å². The van der Waals surface area contributed by atoms with Crippen LogP contribution < -0.4 is 15.6 Å². The Bertz CT molecular complexity index is 1210. The molecule has 0 aliphatic carbocycles. The predicted octanol–water partition coefficient (Wildman–Crippen LogP) is 4.05. The summed E-state index contributed by atoms with van der Waals surface area (Å²) in [5, 5.41) is 3.12. The van der Waals surface area contributed by atoms with Crippen LogP contribution in [0, 0.1) is 0 Å². The van der Waals surface area contributed by atoms with Gasteiger partial charge in [0.1, 0.15) is 0 Å². The Morgan fingerprint density at radius 2 is 1.00 bits per heavy atom. The molecular weight excluding hydrogens is 444 g/mol. The first-order valence-electron chi connectivity index (χ1n) is 10.8. The van der Waals surface area contributed by atoms with Gasteiger partial charge in [0.15, 0.2) is 0 Å². The number of rotatable bonds is 8. The fourth-order valence-electron chi connectivity index (χ4n) is 4.02. The minimum Gasteiger partial charge on any atom is -0.397 e. The van der Waals surface area contributed by atoms with Gasteiger partial charge in [-0.1, -0.05) is 116 Å². The molecule has 0 N–H and O–H groups in total. The lowest BCUT2D eigenvalue weighted by Crippen LogP contribution is -2.70. The zero-order valence-electron chi connectivity index (χ0n) is 18.5. The molecule has 0 radical (unpaired) electrons. The zero-order valence-corrected chi connectivity index (χ0v) is 20.3. The molecule has 0 heterocycles. The van der Waals surface area contributed by atoms with Crippen molar-refractivity contribution in [3.8, 4) is 0 Å². The molecule has 4 aromatic rings. The third-order valence-electron chi connectivity index (χ3n) is 5.75. The quantitative estimate of drug-likeness (QED) is 0.288. The minimum atomic E-state index is -3.75. The summed E-state index contributed by atoms with van der Waals surface area (Å²) in [7, 11) is -6.81. The molecule has 0 bridgehead atoms. The monoisotopic (exact) mass is 470 g/mol. The van der Waals surface area contributed by atoms with Gasteiger partial charge in [-0.15, -0.1) is 0 Å².